The van der Waals surface area contributed by atoms with Gasteiger partial charge in [-0.15, -0.1) is 11.3 Å². The van der Waals surface area contributed by atoms with Gasteiger partial charge in [0.25, 0.3) is 5.56 Å². The lowest BCUT2D eigenvalue weighted by Crippen LogP contribution is -2.09. The number of hydrogen-bond donors (Lipinski definition) is 2. The Labute approximate surface area is 163 Å². The van der Waals surface area contributed by atoms with Crippen LogP contribution in [-0.2, 0) is 0 Å². The van der Waals surface area contributed by atoms with Crippen molar-refractivity contribution in [2.75, 3.05) is 7.11 Å². The highest BCUT2D eigenvalue weighted by Gasteiger charge is 2.18. The number of hydrogen-bond acceptors (Lipinski definition) is 5. The standard InChI is InChI=1S/C21H16N2O4S/c1-11-17-19(24)22-16(23-20(17)28-18(11)21(25)26)8-4-12-3-5-14-10-15(27-2)7-6-13(14)9-12/h3-10H,1-2H3,(H,25,26)(H,22,23,24)/b8-4+. The molecule has 2 aromatic heterocycles. The van der Waals surface area contributed by atoms with Crippen LogP contribution in [0.15, 0.2) is 41.2 Å². The molecular weight excluding hydrogens is 376 g/mol. The zero-order chi connectivity index (χ0) is 19.8. The van der Waals surface area contributed by atoms with E-state index in [0.717, 1.165) is 33.4 Å². The molecule has 140 valence electrons. The molecule has 0 radical (unpaired) electrons. The van der Waals surface area contributed by atoms with Crippen LogP contribution in [0.3, 0.4) is 0 Å². The number of carboxylic acid groups (broad SMARTS) is 1. The van der Waals surface area contributed by atoms with Crippen LogP contribution in [-0.4, -0.2) is 28.2 Å². The zero-order valence-corrected chi connectivity index (χ0v) is 16.0. The van der Waals surface area contributed by atoms with Crippen molar-refractivity contribution in [1.82, 2.24) is 9.97 Å². The number of benzene rings is 2. The van der Waals surface area contributed by atoms with Gasteiger partial charge in [-0.3, -0.25) is 4.79 Å². The van der Waals surface area contributed by atoms with E-state index in [4.69, 9.17) is 4.74 Å². The summed E-state index contributed by atoms with van der Waals surface area (Å²) in [5.74, 6) is 0.133. The van der Waals surface area contributed by atoms with Crippen LogP contribution < -0.4 is 10.3 Å². The molecule has 0 saturated heterocycles. The van der Waals surface area contributed by atoms with Gasteiger partial charge in [-0.1, -0.05) is 24.3 Å². The highest BCUT2D eigenvalue weighted by atomic mass is 32.1. The minimum atomic E-state index is -1.05. The Bertz CT molecular complexity index is 1320. The van der Waals surface area contributed by atoms with Crippen molar-refractivity contribution in [3.63, 3.8) is 0 Å². The molecule has 0 spiro atoms. The molecule has 4 aromatic rings. The summed E-state index contributed by atoms with van der Waals surface area (Å²) in [6.07, 6.45) is 3.56. The van der Waals surface area contributed by atoms with Gasteiger partial charge in [-0.2, -0.15) is 0 Å². The number of carboxylic acids is 1. The van der Waals surface area contributed by atoms with E-state index < -0.39 is 5.97 Å². The Morgan fingerprint density at radius 1 is 1.18 bits per heavy atom. The number of aromatic amines is 1. The highest BCUT2D eigenvalue weighted by molar-refractivity contribution is 7.20. The first-order valence-electron chi connectivity index (χ1n) is 8.49. The lowest BCUT2D eigenvalue weighted by Gasteiger charge is -2.03. The van der Waals surface area contributed by atoms with Gasteiger partial charge in [-0.25, -0.2) is 9.78 Å². The van der Waals surface area contributed by atoms with Crippen molar-refractivity contribution < 1.29 is 14.6 Å². The minimum absolute atomic E-state index is 0.138. The number of nitrogens with one attached hydrogen (secondary N) is 1. The van der Waals surface area contributed by atoms with Gasteiger partial charge in [0.15, 0.2) is 0 Å². The fourth-order valence-electron chi connectivity index (χ4n) is 3.09. The van der Waals surface area contributed by atoms with Crippen molar-refractivity contribution >= 4 is 50.4 Å². The highest BCUT2D eigenvalue weighted by Crippen LogP contribution is 2.27. The van der Waals surface area contributed by atoms with Gasteiger partial charge >= 0.3 is 5.97 Å². The predicted octanol–water partition coefficient (Wildman–Crippen LogP) is 4.32. The average Bonchev–Trinajstić information content (AvgIpc) is 3.03. The minimum Gasteiger partial charge on any atom is -0.497 e. The largest absolute Gasteiger partial charge is 0.497 e. The number of nitrogens with zero attached hydrogens (tertiary/aromatic N) is 1. The van der Waals surface area contributed by atoms with E-state index in [9.17, 15) is 14.7 Å². The molecule has 0 unspecified atom stereocenters. The molecule has 0 aliphatic carbocycles. The summed E-state index contributed by atoms with van der Waals surface area (Å²) < 4.78 is 5.24. The van der Waals surface area contributed by atoms with Crippen LogP contribution in [0.2, 0.25) is 0 Å². The van der Waals surface area contributed by atoms with Gasteiger partial charge in [0.1, 0.15) is 21.3 Å². The Morgan fingerprint density at radius 3 is 2.68 bits per heavy atom. The molecule has 0 aliphatic rings. The Hall–Kier alpha value is -3.45. The van der Waals surface area contributed by atoms with Crippen LogP contribution in [0, 0.1) is 6.92 Å². The van der Waals surface area contributed by atoms with Crippen LogP contribution in [0.4, 0.5) is 0 Å². The maximum atomic E-state index is 12.4. The normalized spacial score (nSPS) is 11.5. The van der Waals surface area contributed by atoms with Crippen molar-refractivity contribution in [2.45, 2.75) is 6.92 Å². The summed E-state index contributed by atoms with van der Waals surface area (Å²) in [4.78, 5) is 31.3. The van der Waals surface area contributed by atoms with Crippen molar-refractivity contribution in [2.24, 2.45) is 0 Å². The second-order valence-electron chi connectivity index (χ2n) is 6.30. The molecule has 0 bridgehead atoms. The molecule has 0 aliphatic heterocycles. The third-order valence-electron chi connectivity index (χ3n) is 4.52. The first kappa shape index (κ1) is 17.9. The molecule has 0 saturated carbocycles. The van der Waals surface area contributed by atoms with Gasteiger partial charge in [0.2, 0.25) is 0 Å². The van der Waals surface area contributed by atoms with Gasteiger partial charge in [0.05, 0.1) is 12.5 Å². The first-order chi connectivity index (χ1) is 13.5. The number of carbonyl (C=O) groups is 1. The number of H-pyrrole nitrogens is 1. The second kappa shape index (κ2) is 6.94. The van der Waals surface area contributed by atoms with Crippen LogP contribution in [0.1, 0.15) is 26.6 Å². The molecule has 0 fully saturated rings. The number of ether oxygens (including phenoxy) is 1. The molecule has 2 N–H and O–H groups in total. The third kappa shape index (κ3) is 3.16. The topological polar surface area (TPSA) is 92.3 Å². The van der Waals surface area contributed by atoms with E-state index in [-0.39, 0.29) is 10.4 Å². The second-order valence-corrected chi connectivity index (χ2v) is 7.30. The third-order valence-corrected chi connectivity index (χ3v) is 5.69. The van der Waals surface area contributed by atoms with Gasteiger partial charge in [0, 0.05) is 0 Å². The van der Waals surface area contributed by atoms with Gasteiger partial charge in [-0.05, 0) is 53.1 Å². The van der Waals surface area contributed by atoms with E-state index >= 15 is 0 Å². The number of rotatable bonds is 4. The summed E-state index contributed by atoms with van der Waals surface area (Å²) in [7, 11) is 1.64. The summed E-state index contributed by atoms with van der Waals surface area (Å²) >= 11 is 1.01. The number of aromatic carboxylic acids is 1. The molecule has 7 heteroatoms. The van der Waals surface area contributed by atoms with Crippen LogP contribution in [0.5, 0.6) is 5.75 Å². The van der Waals surface area contributed by atoms with E-state index in [2.05, 4.69) is 9.97 Å². The Balaban J connectivity index is 1.71. The van der Waals surface area contributed by atoms with E-state index in [1.54, 1.807) is 20.1 Å². The maximum absolute atomic E-state index is 12.4. The zero-order valence-electron chi connectivity index (χ0n) is 15.1. The van der Waals surface area contributed by atoms with Crippen LogP contribution in [0.25, 0.3) is 33.1 Å². The fraction of sp³-hybridized carbons (Fsp3) is 0.0952. The lowest BCUT2D eigenvalue weighted by molar-refractivity contribution is 0.0701. The van der Waals surface area contributed by atoms with Crippen molar-refractivity contribution in [1.29, 1.82) is 0 Å². The molecule has 6 nitrogen and oxygen atoms in total. The smallest absolute Gasteiger partial charge is 0.346 e. The summed E-state index contributed by atoms with van der Waals surface area (Å²) in [6.45, 7) is 1.62. The monoisotopic (exact) mass is 392 g/mol. The number of fused-ring (bicyclic) bond motifs is 2. The predicted molar refractivity (Wildman–Crippen MR) is 111 cm³/mol. The molecule has 2 heterocycles. The average molecular weight is 392 g/mol. The first-order valence-corrected chi connectivity index (χ1v) is 9.30. The van der Waals surface area contributed by atoms with E-state index in [0.29, 0.717) is 21.6 Å². The Morgan fingerprint density at radius 2 is 1.93 bits per heavy atom. The van der Waals surface area contributed by atoms with Crippen molar-refractivity contribution in [3.8, 4) is 5.75 Å². The molecule has 0 atom stereocenters. The number of aryl methyl sites for hydroxylation is 1. The van der Waals surface area contributed by atoms with E-state index in [1.807, 2.05) is 42.5 Å². The van der Waals surface area contributed by atoms with Gasteiger partial charge < -0.3 is 14.8 Å². The molecular formula is C21H16N2O4S. The summed E-state index contributed by atoms with van der Waals surface area (Å²) in [5, 5.41) is 11.7. The maximum Gasteiger partial charge on any atom is 0.346 e. The van der Waals surface area contributed by atoms with Crippen LogP contribution >= 0.6 is 11.3 Å². The molecule has 0 amide bonds. The lowest BCUT2D eigenvalue weighted by atomic mass is 10.1. The number of thiophene rings is 1. The molecule has 4 rings (SSSR count). The number of aromatic nitrogens is 2. The summed E-state index contributed by atoms with van der Waals surface area (Å²) in [5.41, 5.74) is 1.06. The van der Waals surface area contributed by atoms with E-state index in [1.165, 1.54) is 0 Å². The molecule has 2 aromatic carbocycles. The van der Waals surface area contributed by atoms with Crippen molar-refractivity contribution in [3.05, 3.63) is 68.6 Å². The summed E-state index contributed by atoms with van der Waals surface area (Å²) in [6, 6.07) is 11.8. The molecule has 28 heavy (non-hydrogen) atoms. The fourth-order valence-corrected chi connectivity index (χ4v) is 4.12. The SMILES string of the molecule is COc1ccc2cc(/C=C/c3nc4sc(C(=O)O)c(C)c4c(=O)[nH]3)ccc2c1. The number of methoxy groups -OCH3 is 1. The quantitative estimate of drug-likeness (QED) is 0.539. The Kier molecular flexibility index (Phi) is 4.44.